The third-order valence-corrected chi connectivity index (χ3v) is 7.13. The van der Waals surface area contributed by atoms with E-state index >= 15 is 0 Å². The number of hydrogen-bond acceptors (Lipinski definition) is 5. The van der Waals surface area contributed by atoms with Gasteiger partial charge < -0.3 is 4.74 Å². The van der Waals surface area contributed by atoms with Gasteiger partial charge in [0.05, 0.1) is 29.9 Å². The van der Waals surface area contributed by atoms with Crippen LogP contribution >= 0.6 is 24.0 Å². The van der Waals surface area contributed by atoms with Gasteiger partial charge in [-0.05, 0) is 42.8 Å². The summed E-state index contributed by atoms with van der Waals surface area (Å²) in [7, 11) is 1.63. The zero-order valence-electron chi connectivity index (χ0n) is 19.3. The number of carbonyl (C=O) groups excluding carboxylic acids is 1. The maximum absolute atomic E-state index is 13.3. The standard InChI is InChI=1S/C28H23N3O2S2/c1-19-8-12-21(13-9-19)26-22(18-31(29-26)23-6-4-3-5-7-23)16-25-27(32)30(28(34)35-25)17-20-10-14-24(33-2)15-11-20/h3-16,18H,17H2,1-2H3/b25-16+. The Labute approximate surface area is 214 Å². The molecule has 1 aliphatic rings. The SMILES string of the molecule is COc1ccc(CN2C(=O)/C(=C\c3cn(-c4ccccc4)nc3-c3ccc(C)cc3)SC2=S)cc1. The summed E-state index contributed by atoms with van der Waals surface area (Å²) in [4.78, 5) is 15.5. The van der Waals surface area contributed by atoms with Gasteiger partial charge in [-0.1, -0.05) is 84.1 Å². The van der Waals surface area contributed by atoms with E-state index in [1.807, 2.05) is 71.6 Å². The monoisotopic (exact) mass is 497 g/mol. The summed E-state index contributed by atoms with van der Waals surface area (Å²) in [5.74, 6) is 0.677. The van der Waals surface area contributed by atoms with E-state index in [0.29, 0.717) is 15.8 Å². The smallest absolute Gasteiger partial charge is 0.266 e. The van der Waals surface area contributed by atoms with Crippen LogP contribution in [0.4, 0.5) is 0 Å². The number of thioether (sulfide) groups is 1. The number of carbonyl (C=O) groups is 1. The van der Waals surface area contributed by atoms with Crippen LogP contribution in [0.3, 0.4) is 0 Å². The maximum atomic E-state index is 13.3. The highest BCUT2D eigenvalue weighted by molar-refractivity contribution is 8.26. The molecule has 1 saturated heterocycles. The van der Waals surface area contributed by atoms with Crippen molar-refractivity contribution >= 4 is 40.3 Å². The van der Waals surface area contributed by atoms with Crippen LogP contribution in [0.5, 0.6) is 5.75 Å². The van der Waals surface area contributed by atoms with E-state index in [2.05, 4.69) is 31.2 Å². The van der Waals surface area contributed by atoms with Crippen molar-refractivity contribution in [1.29, 1.82) is 0 Å². The predicted molar refractivity (Wildman–Crippen MR) is 145 cm³/mol. The van der Waals surface area contributed by atoms with Crippen LogP contribution in [0.2, 0.25) is 0 Å². The number of ether oxygens (including phenoxy) is 1. The summed E-state index contributed by atoms with van der Waals surface area (Å²) in [5.41, 5.74) is 5.78. The molecule has 1 aliphatic heterocycles. The fourth-order valence-corrected chi connectivity index (χ4v) is 5.08. The Balaban J connectivity index is 1.49. The number of amides is 1. The minimum atomic E-state index is -0.0989. The lowest BCUT2D eigenvalue weighted by molar-refractivity contribution is -0.122. The molecule has 7 heteroatoms. The molecule has 0 atom stereocenters. The Morgan fingerprint density at radius 1 is 1.00 bits per heavy atom. The van der Waals surface area contributed by atoms with Crippen molar-refractivity contribution in [2.45, 2.75) is 13.5 Å². The van der Waals surface area contributed by atoms with Crippen LogP contribution in [0.1, 0.15) is 16.7 Å². The van der Waals surface area contributed by atoms with Crippen LogP contribution in [-0.2, 0) is 11.3 Å². The Hall–Kier alpha value is -3.68. The van der Waals surface area contributed by atoms with Crippen LogP contribution < -0.4 is 4.74 Å². The lowest BCUT2D eigenvalue weighted by Gasteiger charge is -2.14. The van der Waals surface area contributed by atoms with Crippen LogP contribution in [0, 0.1) is 6.92 Å². The number of hydrogen-bond donors (Lipinski definition) is 0. The first-order valence-corrected chi connectivity index (χ1v) is 12.3. The molecule has 174 valence electrons. The van der Waals surface area contributed by atoms with Gasteiger partial charge in [0.1, 0.15) is 10.1 Å². The van der Waals surface area contributed by atoms with E-state index in [-0.39, 0.29) is 5.91 Å². The van der Waals surface area contributed by atoms with Gasteiger partial charge >= 0.3 is 0 Å². The van der Waals surface area contributed by atoms with Crippen molar-refractivity contribution in [3.05, 3.63) is 107 Å². The Bertz CT molecular complexity index is 1410. The van der Waals surface area contributed by atoms with Crippen LogP contribution in [0.15, 0.2) is 90.0 Å². The molecular weight excluding hydrogens is 474 g/mol. The Morgan fingerprint density at radius 2 is 1.71 bits per heavy atom. The summed E-state index contributed by atoms with van der Waals surface area (Å²) in [6, 6.07) is 25.8. The van der Waals surface area contributed by atoms with Crippen molar-refractivity contribution in [2.75, 3.05) is 7.11 Å². The fraction of sp³-hybridized carbons (Fsp3) is 0.107. The maximum Gasteiger partial charge on any atom is 0.266 e. The summed E-state index contributed by atoms with van der Waals surface area (Å²) in [6.45, 7) is 2.47. The van der Waals surface area contributed by atoms with E-state index in [4.69, 9.17) is 22.1 Å². The van der Waals surface area contributed by atoms with Crippen LogP contribution in [0.25, 0.3) is 23.0 Å². The van der Waals surface area contributed by atoms with E-state index in [1.165, 1.54) is 17.3 Å². The van der Waals surface area contributed by atoms with Gasteiger partial charge in [0, 0.05) is 17.3 Å². The minimum Gasteiger partial charge on any atom is -0.497 e. The third kappa shape index (κ3) is 4.92. The number of aromatic nitrogens is 2. The molecule has 1 fully saturated rings. The minimum absolute atomic E-state index is 0.0989. The first-order chi connectivity index (χ1) is 17.0. The number of thiocarbonyl (C=S) groups is 1. The van der Waals surface area contributed by atoms with Crippen LogP contribution in [-0.4, -0.2) is 32.0 Å². The fourth-order valence-electron chi connectivity index (χ4n) is 3.83. The zero-order valence-corrected chi connectivity index (χ0v) is 21.0. The molecule has 0 aliphatic carbocycles. The number of para-hydroxylation sites is 1. The molecule has 0 N–H and O–H groups in total. The quantitative estimate of drug-likeness (QED) is 0.233. The Kier molecular flexibility index (Phi) is 6.53. The van der Waals surface area contributed by atoms with Gasteiger partial charge in [0.15, 0.2) is 0 Å². The average Bonchev–Trinajstić information content (AvgIpc) is 3.42. The number of methoxy groups -OCH3 is 1. The molecule has 1 aromatic heterocycles. The molecule has 4 aromatic rings. The largest absolute Gasteiger partial charge is 0.497 e. The molecule has 0 saturated carbocycles. The zero-order chi connectivity index (χ0) is 24.4. The molecule has 0 unspecified atom stereocenters. The van der Waals surface area contributed by atoms with E-state index in [9.17, 15) is 4.79 Å². The van der Waals surface area contributed by atoms with Crippen molar-refractivity contribution in [3.63, 3.8) is 0 Å². The summed E-state index contributed by atoms with van der Waals surface area (Å²) in [6.07, 6.45) is 3.86. The highest BCUT2D eigenvalue weighted by Gasteiger charge is 2.32. The Morgan fingerprint density at radius 3 is 2.40 bits per heavy atom. The first-order valence-electron chi connectivity index (χ1n) is 11.1. The van der Waals surface area contributed by atoms with Crippen molar-refractivity contribution in [1.82, 2.24) is 14.7 Å². The summed E-state index contributed by atoms with van der Waals surface area (Å²) < 4.78 is 7.62. The molecule has 1 amide bonds. The average molecular weight is 498 g/mol. The predicted octanol–water partition coefficient (Wildman–Crippen LogP) is 6.26. The van der Waals surface area contributed by atoms with Gasteiger partial charge in [-0.3, -0.25) is 9.69 Å². The molecular formula is C28H23N3O2S2. The molecule has 3 aromatic carbocycles. The molecule has 0 spiro atoms. The highest BCUT2D eigenvalue weighted by Crippen LogP contribution is 2.36. The highest BCUT2D eigenvalue weighted by atomic mass is 32.2. The molecule has 5 rings (SSSR count). The lowest BCUT2D eigenvalue weighted by Crippen LogP contribution is -2.27. The van der Waals surface area contributed by atoms with Crippen molar-refractivity contribution in [3.8, 4) is 22.7 Å². The number of nitrogens with zero attached hydrogens (tertiary/aromatic N) is 3. The number of aryl methyl sites for hydroxylation is 1. The van der Waals surface area contributed by atoms with Gasteiger partial charge in [0.2, 0.25) is 0 Å². The second-order valence-electron chi connectivity index (χ2n) is 8.20. The van der Waals surface area contributed by atoms with Gasteiger partial charge in [-0.25, -0.2) is 4.68 Å². The van der Waals surface area contributed by atoms with E-state index in [1.54, 1.807) is 12.0 Å². The number of rotatable bonds is 6. The van der Waals surface area contributed by atoms with E-state index in [0.717, 1.165) is 33.8 Å². The molecule has 0 bridgehead atoms. The van der Waals surface area contributed by atoms with Gasteiger partial charge in [-0.15, -0.1) is 0 Å². The van der Waals surface area contributed by atoms with Crippen molar-refractivity contribution < 1.29 is 9.53 Å². The van der Waals surface area contributed by atoms with Gasteiger partial charge in [0.25, 0.3) is 5.91 Å². The molecule has 35 heavy (non-hydrogen) atoms. The normalized spacial score (nSPS) is 14.7. The topological polar surface area (TPSA) is 47.4 Å². The lowest BCUT2D eigenvalue weighted by atomic mass is 10.1. The molecule has 0 radical (unpaired) electrons. The van der Waals surface area contributed by atoms with Gasteiger partial charge in [-0.2, -0.15) is 5.10 Å². The number of benzene rings is 3. The second-order valence-corrected chi connectivity index (χ2v) is 9.87. The summed E-state index contributed by atoms with van der Waals surface area (Å²) in [5, 5.41) is 4.86. The van der Waals surface area contributed by atoms with E-state index < -0.39 is 0 Å². The molecule has 2 heterocycles. The van der Waals surface area contributed by atoms with Crippen molar-refractivity contribution in [2.24, 2.45) is 0 Å². The second kappa shape index (κ2) is 9.90. The third-order valence-electron chi connectivity index (χ3n) is 5.75. The first kappa shape index (κ1) is 23.1. The summed E-state index contributed by atoms with van der Waals surface area (Å²) >= 11 is 6.88. The molecule has 5 nitrogen and oxygen atoms in total.